The number of hydrogen-bond acceptors (Lipinski definition) is 4. The summed E-state index contributed by atoms with van der Waals surface area (Å²) in [5.74, 6) is -0.0371. The van der Waals surface area contributed by atoms with Crippen LogP contribution < -0.4 is 0 Å². The molecule has 26 heavy (non-hydrogen) atoms. The summed E-state index contributed by atoms with van der Waals surface area (Å²) in [4.78, 5) is 25.1. The summed E-state index contributed by atoms with van der Waals surface area (Å²) in [6.07, 6.45) is 9.40. The van der Waals surface area contributed by atoms with Crippen molar-refractivity contribution in [2.45, 2.75) is 65.7 Å². The molecule has 142 valence electrons. The first kappa shape index (κ1) is 17.8. The first-order chi connectivity index (χ1) is 12.2. The van der Waals surface area contributed by atoms with Gasteiger partial charge < -0.3 is 15.0 Å². The summed E-state index contributed by atoms with van der Waals surface area (Å²) in [5, 5.41) is 20.0. The van der Waals surface area contributed by atoms with E-state index in [1.165, 1.54) is 6.29 Å². The van der Waals surface area contributed by atoms with Crippen LogP contribution in [0, 0.1) is 34.0 Å². The Bertz CT molecular complexity index is 734. The Labute approximate surface area is 155 Å². The van der Waals surface area contributed by atoms with Gasteiger partial charge in [-0.05, 0) is 81.1 Å². The standard InChI is InChI=1S/C22H30O4/c1-4-22(12-23)10-8-15-14-6-5-13-11-17(24)18(25)19(26)21(13,3)16(14)7-9-20(15,22)2/h11-12,14-16,24-25H,4-10H2,1-3H3/t14-,15-,16-,20-,21-,22+/m0/s1. The lowest BCUT2D eigenvalue weighted by atomic mass is 9.45. The third-order valence-corrected chi connectivity index (χ3v) is 9.12. The Hall–Kier alpha value is -1.58. The normalized spacial score (nSPS) is 47.7. The van der Waals surface area contributed by atoms with Crippen molar-refractivity contribution in [3.8, 4) is 0 Å². The van der Waals surface area contributed by atoms with Gasteiger partial charge in [-0.15, -0.1) is 0 Å². The molecular formula is C22H30O4. The highest BCUT2D eigenvalue weighted by molar-refractivity contribution is 6.02. The monoisotopic (exact) mass is 358 g/mol. The van der Waals surface area contributed by atoms with Gasteiger partial charge >= 0.3 is 0 Å². The van der Waals surface area contributed by atoms with E-state index in [1.54, 1.807) is 6.08 Å². The van der Waals surface area contributed by atoms with E-state index >= 15 is 0 Å². The molecule has 0 bridgehead atoms. The van der Waals surface area contributed by atoms with Gasteiger partial charge in [-0.1, -0.05) is 19.4 Å². The quantitative estimate of drug-likeness (QED) is 0.704. The molecule has 4 nitrogen and oxygen atoms in total. The zero-order chi connectivity index (χ0) is 18.9. The second-order valence-corrected chi connectivity index (χ2v) is 9.47. The summed E-state index contributed by atoms with van der Waals surface area (Å²) < 4.78 is 0. The van der Waals surface area contributed by atoms with Gasteiger partial charge in [0.25, 0.3) is 0 Å². The molecule has 3 saturated carbocycles. The first-order valence-corrected chi connectivity index (χ1v) is 10.1. The fourth-order valence-electron chi connectivity index (χ4n) is 7.39. The maximum absolute atomic E-state index is 13.0. The number of ketones is 1. The fraction of sp³-hybridized carbons (Fsp3) is 0.727. The van der Waals surface area contributed by atoms with Crippen molar-refractivity contribution in [3.63, 3.8) is 0 Å². The minimum Gasteiger partial charge on any atom is -0.504 e. The molecule has 2 N–H and O–H groups in total. The van der Waals surface area contributed by atoms with Crippen LogP contribution in [0.1, 0.15) is 65.7 Å². The lowest BCUT2D eigenvalue weighted by Gasteiger charge is -2.58. The molecule has 0 radical (unpaired) electrons. The Kier molecular flexibility index (Phi) is 3.74. The minimum atomic E-state index is -0.709. The van der Waals surface area contributed by atoms with Crippen molar-refractivity contribution >= 4 is 12.1 Å². The van der Waals surface area contributed by atoms with Crippen LogP contribution in [0.25, 0.3) is 0 Å². The van der Waals surface area contributed by atoms with Crippen LogP contribution in [0.15, 0.2) is 23.2 Å². The van der Waals surface area contributed by atoms with E-state index in [-0.39, 0.29) is 28.3 Å². The highest BCUT2D eigenvalue weighted by Crippen LogP contribution is 2.69. The molecule has 0 aliphatic heterocycles. The van der Waals surface area contributed by atoms with Gasteiger partial charge in [0.2, 0.25) is 11.5 Å². The van der Waals surface area contributed by atoms with E-state index in [0.29, 0.717) is 11.8 Å². The number of aldehydes is 1. The lowest BCUT2D eigenvalue weighted by Crippen LogP contribution is -2.55. The molecule has 0 amide bonds. The van der Waals surface area contributed by atoms with E-state index < -0.39 is 11.2 Å². The van der Waals surface area contributed by atoms with Gasteiger partial charge in [0, 0.05) is 5.41 Å². The van der Waals surface area contributed by atoms with Crippen LogP contribution >= 0.6 is 0 Å². The van der Waals surface area contributed by atoms with Crippen LogP contribution in [0.2, 0.25) is 0 Å². The third-order valence-electron chi connectivity index (χ3n) is 9.12. The van der Waals surface area contributed by atoms with Crippen molar-refractivity contribution < 1.29 is 19.8 Å². The van der Waals surface area contributed by atoms with Crippen LogP contribution in [-0.2, 0) is 9.59 Å². The molecular weight excluding hydrogens is 328 g/mol. The van der Waals surface area contributed by atoms with Crippen molar-refractivity contribution in [2.24, 2.45) is 34.0 Å². The Morgan fingerprint density at radius 3 is 2.50 bits per heavy atom. The van der Waals surface area contributed by atoms with Crippen molar-refractivity contribution in [1.29, 1.82) is 0 Å². The molecule has 4 aliphatic carbocycles. The molecule has 0 saturated heterocycles. The average Bonchev–Trinajstić information content (AvgIpc) is 2.94. The maximum Gasteiger partial charge on any atom is 0.211 e. The first-order valence-electron chi connectivity index (χ1n) is 10.1. The average molecular weight is 358 g/mol. The maximum atomic E-state index is 13.0. The number of aliphatic hydroxyl groups excluding tert-OH is 2. The Morgan fingerprint density at radius 2 is 1.85 bits per heavy atom. The number of allylic oxidation sites excluding steroid dienone is 3. The summed E-state index contributed by atoms with van der Waals surface area (Å²) in [5.41, 5.74) is 0.0493. The van der Waals surface area contributed by atoms with Crippen LogP contribution in [0.3, 0.4) is 0 Å². The van der Waals surface area contributed by atoms with Crippen LogP contribution in [-0.4, -0.2) is 22.3 Å². The van der Waals surface area contributed by atoms with E-state index in [1.807, 2.05) is 6.92 Å². The third kappa shape index (κ3) is 1.86. The summed E-state index contributed by atoms with van der Waals surface area (Å²) in [6, 6.07) is 0. The zero-order valence-electron chi connectivity index (χ0n) is 16.0. The van der Waals surface area contributed by atoms with Gasteiger partial charge in [-0.2, -0.15) is 0 Å². The van der Waals surface area contributed by atoms with Gasteiger partial charge in [0.15, 0.2) is 5.76 Å². The predicted octanol–water partition coefficient (Wildman–Crippen LogP) is 4.66. The molecule has 4 rings (SSSR count). The van der Waals surface area contributed by atoms with Crippen molar-refractivity contribution in [3.05, 3.63) is 23.2 Å². The molecule has 0 unspecified atom stereocenters. The molecule has 0 aromatic carbocycles. The highest BCUT2D eigenvalue weighted by atomic mass is 16.3. The number of aliphatic hydroxyl groups is 2. The largest absolute Gasteiger partial charge is 0.504 e. The molecule has 6 atom stereocenters. The number of hydrogen-bond donors (Lipinski definition) is 2. The second kappa shape index (κ2) is 5.46. The number of carbonyl (C=O) groups is 2. The Morgan fingerprint density at radius 1 is 1.15 bits per heavy atom. The summed E-state index contributed by atoms with van der Waals surface area (Å²) in [6.45, 7) is 6.40. The Balaban J connectivity index is 1.74. The van der Waals surface area contributed by atoms with Gasteiger partial charge in [0.05, 0.1) is 5.41 Å². The van der Waals surface area contributed by atoms with E-state index in [4.69, 9.17) is 0 Å². The van der Waals surface area contributed by atoms with E-state index in [9.17, 15) is 19.8 Å². The molecule has 0 heterocycles. The highest BCUT2D eigenvalue weighted by Gasteiger charge is 2.65. The molecule has 0 aromatic rings. The lowest BCUT2D eigenvalue weighted by molar-refractivity contribution is -0.141. The zero-order valence-corrected chi connectivity index (χ0v) is 16.0. The topological polar surface area (TPSA) is 74.6 Å². The smallest absolute Gasteiger partial charge is 0.211 e. The molecule has 0 spiro atoms. The fourth-order valence-corrected chi connectivity index (χ4v) is 7.39. The number of carbonyl (C=O) groups excluding carboxylic acids is 2. The molecule has 4 aliphatic rings. The van der Waals surface area contributed by atoms with E-state index in [0.717, 1.165) is 50.5 Å². The number of rotatable bonds is 2. The van der Waals surface area contributed by atoms with Crippen LogP contribution in [0.4, 0.5) is 0 Å². The summed E-state index contributed by atoms with van der Waals surface area (Å²) >= 11 is 0. The van der Waals surface area contributed by atoms with Gasteiger partial charge in [0.1, 0.15) is 6.29 Å². The van der Waals surface area contributed by atoms with Gasteiger partial charge in [-0.3, -0.25) is 4.79 Å². The number of fused-ring (bicyclic) bond motifs is 5. The van der Waals surface area contributed by atoms with Gasteiger partial charge in [-0.25, -0.2) is 0 Å². The molecule has 0 aromatic heterocycles. The minimum absolute atomic E-state index is 0.0139. The van der Waals surface area contributed by atoms with Crippen LogP contribution in [0.5, 0.6) is 0 Å². The molecule has 3 fully saturated rings. The van der Waals surface area contributed by atoms with E-state index in [2.05, 4.69) is 13.8 Å². The second-order valence-electron chi connectivity index (χ2n) is 9.47. The van der Waals surface area contributed by atoms with Crippen molar-refractivity contribution in [2.75, 3.05) is 0 Å². The SMILES string of the molecule is CC[C@]1(C=O)CC[C@H]2[C@@H]3CCC4=CC(O)=C(O)C(=O)[C@]4(C)[C@H]3CC[C@@]21C. The number of Topliss-reactive ketones (excluding diaryl/α,β-unsaturated/α-hetero) is 1. The predicted molar refractivity (Wildman–Crippen MR) is 98.5 cm³/mol. The summed E-state index contributed by atoms with van der Waals surface area (Å²) in [7, 11) is 0. The van der Waals surface area contributed by atoms with Crippen molar-refractivity contribution in [1.82, 2.24) is 0 Å². The molecule has 4 heteroatoms.